The molecule has 0 saturated carbocycles. The van der Waals surface area contributed by atoms with Crippen LogP contribution in [0, 0.1) is 0 Å². The van der Waals surface area contributed by atoms with Crippen molar-refractivity contribution in [2.45, 2.75) is 0 Å². The van der Waals surface area contributed by atoms with Gasteiger partial charge in [-0.25, -0.2) is 0 Å². The Balaban J connectivity index is 1.51. The molecule has 0 N–H and O–H groups in total. The van der Waals surface area contributed by atoms with E-state index in [4.69, 9.17) is 0 Å². The summed E-state index contributed by atoms with van der Waals surface area (Å²) < 4.78 is 3.44. The summed E-state index contributed by atoms with van der Waals surface area (Å²) in [4.78, 5) is 0. The van der Waals surface area contributed by atoms with Crippen LogP contribution in [0.25, 0.3) is 49.4 Å². The van der Waals surface area contributed by atoms with Crippen molar-refractivity contribution in [1.82, 2.24) is 4.57 Å². The highest BCUT2D eigenvalue weighted by Crippen LogP contribution is 2.34. The van der Waals surface area contributed by atoms with E-state index in [0.717, 1.165) is 4.47 Å². The molecular formula is C28H18BrN. The Morgan fingerprint density at radius 2 is 1.20 bits per heavy atom. The quantitative estimate of drug-likeness (QED) is 0.251. The summed E-state index contributed by atoms with van der Waals surface area (Å²) in [5.74, 6) is 0. The largest absolute Gasteiger partial charge is 0.309 e. The first kappa shape index (κ1) is 17.5. The van der Waals surface area contributed by atoms with Crippen molar-refractivity contribution in [1.29, 1.82) is 0 Å². The minimum Gasteiger partial charge on any atom is -0.309 e. The van der Waals surface area contributed by atoms with Crippen LogP contribution < -0.4 is 0 Å². The Kier molecular flexibility index (Phi) is 4.00. The Labute approximate surface area is 183 Å². The Morgan fingerprint density at radius 1 is 0.500 bits per heavy atom. The lowest BCUT2D eigenvalue weighted by atomic mass is 10.0. The van der Waals surface area contributed by atoms with E-state index in [1.165, 1.54) is 49.4 Å². The van der Waals surface area contributed by atoms with Crippen LogP contribution in [0.2, 0.25) is 0 Å². The molecule has 1 heterocycles. The van der Waals surface area contributed by atoms with Crippen LogP contribution >= 0.6 is 15.9 Å². The molecule has 0 spiro atoms. The average Bonchev–Trinajstić information content (AvgIpc) is 3.12. The van der Waals surface area contributed by atoms with Crippen LogP contribution in [0.4, 0.5) is 0 Å². The zero-order valence-corrected chi connectivity index (χ0v) is 17.8. The summed E-state index contributed by atoms with van der Waals surface area (Å²) in [6.45, 7) is 0. The molecule has 0 aliphatic carbocycles. The second kappa shape index (κ2) is 6.86. The van der Waals surface area contributed by atoms with E-state index in [-0.39, 0.29) is 0 Å². The summed E-state index contributed by atoms with van der Waals surface area (Å²) in [5.41, 5.74) is 6.08. The highest BCUT2D eigenvalue weighted by Gasteiger charge is 2.12. The summed E-state index contributed by atoms with van der Waals surface area (Å²) in [6.07, 6.45) is 0. The van der Waals surface area contributed by atoms with Crippen molar-refractivity contribution in [3.8, 4) is 16.8 Å². The normalized spacial score (nSPS) is 11.5. The molecule has 0 atom stereocenters. The topological polar surface area (TPSA) is 4.93 Å². The van der Waals surface area contributed by atoms with Gasteiger partial charge in [-0.05, 0) is 58.3 Å². The average molecular weight is 448 g/mol. The molecule has 0 aliphatic heterocycles. The lowest BCUT2D eigenvalue weighted by Gasteiger charge is -2.10. The molecule has 0 unspecified atom stereocenters. The lowest BCUT2D eigenvalue weighted by molar-refractivity contribution is 1.18. The number of nitrogens with zero attached hydrogens (tertiary/aromatic N) is 1. The van der Waals surface area contributed by atoms with Gasteiger partial charge in [-0.1, -0.05) is 88.7 Å². The van der Waals surface area contributed by atoms with Crippen molar-refractivity contribution >= 4 is 48.5 Å². The maximum Gasteiger partial charge on any atom is 0.0552 e. The molecule has 0 aliphatic rings. The first-order valence-electron chi connectivity index (χ1n) is 10.1. The maximum atomic E-state index is 3.64. The second-order valence-electron chi connectivity index (χ2n) is 7.62. The maximum absolute atomic E-state index is 3.64. The molecule has 0 radical (unpaired) electrons. The minimum absolute atomic E-state index is 1.09. The van der Waals surface area contributed by atoms with Crippen molar-refractivity contribution in [3.63, 3.8) is 0 Å². The highest BCUT2D eigenvalue weighted by molar-refractivity contribution is 9.10. The zero-order valence-electron chi connectivity index (χ0n) is 16.2. The number of fused-ring (bicyclic) bond motifs is 4. The molecule has 6 rings (SSSR count). The molecule has 0 saturated heterocycles. The molecule has 6 aromatic rings. The molecular weight excluding hydrogens is 430 g/mol. The first-order valence-corrected chi connectivity index (χ1v) is 10.9. The van der Waals surface area contributed by atoms with Gasteiger partial charge >= 0.3 is 0 Å². The van der Waals surface area contributed by atoms with Crippen LogP contribution in [0.1, 0.15) is 0 Å². The summed E-state index contributed by atoms with van der Waals surface area (Å²) >= 11 is 3.64. The van der Waals surface area contributed by atoms with E-state index < -0.39 is 0 Å². The van der Waals surface area contributed by atoms with Crippen LogP contribution in [0.5, 0.6) is 0 Å². The van der Waals surface area contributed by atoms with Gasteiger partial charge in [0.15, 0.2) is 0 Å². The highest BCUT2D eigenvalue weighted by atomic mass is 79.9. The number of rotatable bonds is 2. The number of aromatic nitrogens is 1. The van der Waals surface area contributed by atoms with Gasteiger partial charge in [-0.3, -0.25) is 0 Å². The van der Waals surface area contributed by atoms with E-state index in [1.807, 2.05) is 0 Å². The molecule has 30 heavy (non-hydrogen) atoms. The third-order valence-electron chi connectivity index (χ3n) is 5.84. The third-order valence-corrected chi connectivity index (χ3v) is 6.34. The van der Waals surface area contributed by atoms with Gasteiger partial charge in [0, 0.05) is 20.9 Å². The third kappa shape index (κ3) is 2.76. The molecule has 1 nitrogen and oxygen atoms in total. The first-order chi connectivity index (χ1) is 14.8. The predicted molar refractivity (Wildman–Crippen MR) is 131 cm³/mol. The van der Waals surface area contributed by atoms with Crippen LogP contribution in [-0.2, 0) is 0 Å². The Morgan fingerprint density at radius 3 is 2.07 bits per heavy atom. The molecule has 5 aromatic carbocycles. The fraction of sp³-hybridized carbons (Fsp3) is 0. The number of benzene rings is 5. The summed E-state index contributed by atoms with van der Waals surface area (Å²) in [6, 6.07) is 39.2. The number of para-hydroxylation sites is 1. The van der Waals surface area contributed by atoms with E-state index in [0.29, 0.717) is 0 Å². The molecule has 0 bridgehead atoms. The van der Waals surface area contributed by atoms with E-state index in [1.54, 1.807) is 0 Å². The van der Waals surface area contributed by atoms with E-state index in [9.17, 15) is 0 Å². The second-order valence-corrected chi connectivity index (χ2v) is 8.54. The van der Waals surface area contributed by atoms with Crippen molar-refractivity contribution in [2.24, 2.45) is 0 Å². The molecule has 1 aromatic heterocycles. The van der Waals surface area contributed by atoms with Crippen LogP contribution in [0.15, 0.2) is 114 Å². The monoisotopic (exact) mass is 447 g/mol. The van der Waals surface area contributed by atoms with Gasteiger partial charge in [-0.15, -0.1) is 0 Å². The number of halogens is 1. The van der Waals surface area contributed by atoms with E-state index >= 15 is 0 Å². The molecule has 0 fully saturated rings. The molecule has 2 heteroatoms. The lowest BCUT2D eigenvalue weighted by Crippen LogP contribution is -1.93. The number of hydrogen-bond acceptors (Lipinski definition) is 0. The zero-order chi connectivity index (χ0) is 20.1. The van der Waals surface area contributed by atoms with Gasteiger partial charge in [0.05, 0.1) is 11.0 Å². The molecule has 0 amide bonds. The Bertz CT molecular complexity index is 1540. The number of hydrogen-bond donors (Lipinski definition) is 0. The summed E-state index contributed by atoms with van der Waals surface area (Å²) in [7, 11) is 0. The SMILES string of the molecule is Brc1ccc2c3ccccc3n(-c3ccc(-c4ccc5ccccc5c4)cc3)c2c1. The predicted octanol–water partition coefficient (Wildman–Crippen LogP) is 8.37. The van der Waals surface area contributed by atoms with Gasteiger partial charge in [0.1, 0.15) is 0 Å². The van der Waals surface area contributed by atoms with Crippen LogP contribution in [-0.4, -0.2) is 4.57 Å². The fourth-order valence-corrected chi connectivity index (χ4v) is 4.74. The van der Waals surface area contributed by atoms with Gasteiger partial charge in [0.25, 0.3) is 0 Å². The summed E-state index contributed by atoms with van der Waals surface area (Å²) in [5, 5.41) is 5.09. The van der Waals surface area contributed by atoms with Gasteiger partial charge in [-0.2, -0.15) is 0 Å². The van der Waals surface area contributed by atoms with E-state index in [2.05, 4.69) is 130 Å². The van der Waals surface area contributed by atoms with Gasteiger partial charge < -0.3 is 4.57 Å². The van der Waals surface area contributed by atoms with Crippen molar-refractivity contribution in [3.05, 3.63) is 114 Å². The van der Waals surface area contributed by atoms with Crippen molar-refractivity contribution < 1.29 is 0 Å². The smallest absolute Gasteiger partial charge is 0.0552 e. The standard InChI is InChI=1S/C28H18BrN/c29-23-13-16-26-25-7-3-4-8-27(25)30(28(26)18-23)24-14-11-20(12-15-24)22-10-9-19-5-1-2-6-21(19)17-22/h1-18H. The van der Waals surface area contributed by atoms with Crippen molar-refractivity contribution in [2.75, 3.05) is 0 Å². The fourth-order valence-electron chi connectivity index (χ4n) is 4.39. The Hall–Kier alpha value is -3.36. The van der Waals surface area contributed by atoms with Crippen LogP contribution in [0.3, 0.4) is 0 Å². The molecule has 142 valence electrons. The minimum atomic E-state index is 1.09. The van der Waals surface area contributed by atoms with Gasteiger partial charge in [0.2, 0.25) is 0 Å².